The molecular formula is C20H20N4O2. The van der Waals surface area contributed by atoms with Crippen LogP contribution in [0.15, 0.2) is 67.3 Å². The summed E-state index contributed by atoms with van der Waals surface area (Å²) in [5.41, 5.74) is 2.86. The van der Waals surface area contributed by atoms with Crippen LogP contribution in [-0.2, 0) is 4.79 Å². The molecule has 0 atom stereocenters. The van der Waals surface area contributed by atoms with Gasteiger partial charge in [0.1, 0.15) is 0 Å². The number of anilines is 2. The van der Waals surface area contributed by atoms with Crippen LogP contribution in [0.1, 0.15) is 24.2 Å². The molecule has 0 saturated carbocycles. The Morgan fingerprint density at radius 1 is 0.923 bits per heavy atom. The Kier molecular flexibility index (Phi) is 5.12. The number of benzene rings is 2. The first-order chi connectivity index (χ1) is 12.5. The van der Waals surface area contributed by atoms with Gasteiger partial charge in [0.15, 0.2) is 0 Å². The fourth-order valence-corrected chi connectivity index (χ4v) is 2.32. The Morgan fingerprint density at radius 3 is 2.08 bits per heavy atom. The van der Waals surface area contributed by atoms with Crippen LogP contribution in [-0.4, -0.2) is 21.4 Å². The third-order valence-electron chi connectivity index (χ3n) is 3.87. The molecule has 0 unspecified atom stereocenters. The lowest BCUT2D eigenvalue weighted by Gasteiger charge is -2.10. The van der Waals surface area contributed by atoms with Gasteiger partial charge < -0.3 is 15.2 Å². The standard InChI is InChI=1S/C20H20N4O2/c1-14(2)19(25)22-16-5-7-17(8-6-16)23-20(26)15-3-9-18(10-4-15)24-12-11-21-13-24/h3-14H,1-2H3,(H,22,25)(H,23,26). The average molecular weight is 348 g/mol. The van der Waals surface area contributed by atoms with Crippen molar-refractivity contribution < 1.29 is 9.59 Å². The first kappa shape index (κ1) is 17.4. The van der Waals surface area contributed by atoms with E-state index in [0.717, 1.165) is 5.69 Å². The summed E-state index contributed by atoms with van der Waals surface area (Å²) in [4.78, 5) is 28.1. The van der Waals surface area contributed by atoms with Crippen molar-refractivity contribution >= 4 is 23.2 Å². The van der Waals surface area contributed by atoms with Crippen LogP contribution in [0.4, 0.5) is 11.4 Å². The Morgan fingerprint density at radius 2 is 1.54 bits per heavy atom. The van der Waals surface area contributed by atoms with E-state index in [2.05, 4.69) is 15.6 Å². The monoisotopic (exact) mass is 348 g/mol. The van der Waals surface area contributed by atoms with E-state index in [1.54, 1.807) is 48.9 Å². The van der Waals surface area contributed by atoms with Crippen molar-refractivity contribution in [3.63, 3.8) is 0 Å². The van der Waals surface area contributed by atoms with Crippen molar-refractivity contribution in [2.75, 3.05) is 10.6 Å². The summed E-state index contributed by atoms with van der Waals surface area (Å²) in [7, 11) is 0. The summed E-state index contributed by atoms with van der Waals surface area (Å²) in [6, 6.07) is 14.3. The molecule has 3 aromatic rings. The van der Waals surface area contributed by atoms with E-state index in [9.17, 15) is 9.59 Å². The summed E-state index contributed by atoms with van der Waals surface area (Å²) in [6.07, 6.45) is 5.25. The number of carbonyl (C=O) groups is 2. The molecule has 1 heterocycles. The summed E-state index contributed by atoms with van der Waals surface area (Å²) >= 11 is 0. The molecule has 0 aliphatic carbocycles. The lowest BCUT2D eigenvalue weighted by Crippen LogP contribution is -2.17. The van der Waals surface area contributed by atoms with Gasteiger partial charge >= 0.3 is 0 Å². The third-order valence-corrected chi connectivity index (χ3v) is 3.87. The normalized spacial score (nSPS) is 10.6. The third kappa shape index (κ3) is 4.16. The zero-order valence-corrected chi connectivity index (χ0v) is 14.6. The molecule has 2 N–H and O–H groups in total. The van der Waals surface area contributed by atoms with Gasteiger partial charge in [0.25, 0.3) is 5.91 Å². The predicted octanol–water partition coefficient (Wildman–Crippen LogP) is 3.72. The topological polar surface area (TPSA) is 76.0 Å². The molecule has 6 heteroatoms. The highest BCUT2D eigenvalue weighted by Gasteiger charge is 2.09. The van der Waals surface area contributed by atoms with Crippen molar-refractivity contribution in [2.45, 2.75) is 13.8 Å². The quantitative estimate of drug-likeness (QED) is 0.738. The van der Waals surface area contributed by atoms with Crippen LogP contribution in [0.5, 0.6) is 0 Å². The van der Waals surface area contributed by atoms with Crippen LogP contribution in [0.2, 0.25) is 0 Å². The lowest BCUT2D eigenvalue weighted by molar-refractivity contribution is -0.118. The highest BCUT2D eigenvalue weighted by atomic mass is 16.2. The van der Waals surface area contributed by atoms with Crippen LogP contribution in [0.3, 0.4) is 0 Å². The summed E-state index contributed by atoms with van der Waals surface area (Å²) in [6.45, 7) is 3.67. The zero-order chi connectivity index (χ0) is 18.5. The molecule has 2 aromatic carbocycles. The molecule has 6 nitrogen and oxygen atoms in total. The average Bonchev–Trinajstić information content (AvgIpc) is 3.18. The molecule has 0 saturated heterocycles. The van der Waals surface area contributed by atoms with E-state index in [-0.39, 0.29) is 17.7 Å². The molecular weight excluding hydrogens is 328 g/mol. The van der Waals surface area contributed by atoms with Gasteiger partial charge in [-0.2, -0.15) is 0 Å². The van der Waals surface area contributed by atoms with E-state index in [0.29, 0.717) is 16.9 Å². The summed E-state index contributed by atoms with van der Waals surface area (Å²) in [5.74, 6) is -0.319. The zero-order valence-electron chi connectivity index (χ0n) is 14.6. The van der Waals surface area contributed by atoms with Gasteiger partial charge in [-0.3, -0.25) is 9.59 Å². The number of imidazole rings is 1. The van der Waals surface area contributed by atoms with E-state index >= 15 is 0 Å². The second-order valence-corrected chi connectivity index (χ2v) is 6.19. The predicted molar refractivity (Wildman–Crippen MR) is 101 cm³/mol. The number of amides is 2. The Labute approximate surface area is 151 Å². The maximum absolute atomic E-state index is 12.4. The second-order valence-electron chi connectivity index (χ2n) is 6.19. The Hall–Kier alpha value is -3.41. The van der Waals surface area contributed by atoms with Gasteiger partial charge in [0.05, 0.1) is 6.33 Å². The fourth-order valence-electron chi connectivity index (χ4n) is 2.32. The molecule has 0 radical (unpaired) electrons. The van der Waals surface area contributed by atoms with Crippen LogP contribution >= 0.6 is 0 Å². The smallest absolute Gasteiger partial charge is 0.255 e. The lowest BCUT2D eigenvalue weighted by atomic mass is 10.1. The van der Waals surface area contributed by atoms with Crippen LogP contribution in [0, 0.1) is 5.92 Å². The Balaban J connectivity index is 1.63. The number of nitrogens with one attached hydrogen (secondary N) is 2. The molecule has 1 aromatic heterocycles. The van der Waals surface area contributed by atoms with Crippen molar-refractivity contribution in [1.29, 1.82) is 0 Å². The molecule has 132 valence electrons. The van der Waals surface area contributed by atoms with Crippen molar-refractivity contribution in [1.82, 2.24) is 9.55 Å². The molecule has 0 aliphatic rings. The number of hydrogen-bond acceptors (Lipinski definition) is 3. The van der Waals surface area contributed by atoms with E-state index in [1.165, 1.54) is 0 Å². The Bertz CT molecular complexity index is 883. The van der Waals surface area contributed by atoms with Gasteiger partial charge in [-0.15, -0.1) is 0 Å². The molecule has 0 fully saturated rings. The number of carbonyl (C=O) groups excluding carboxylic acids is 2. The van der Waals surface area contributed by atoms with Gasteiger partial charge in [-0.25, -0.2) is 4.98 Å². The minimum atomic E-state index is -0.193. The van der Waals surface area contributed by atoms with Gasteiger partial charge in [0, 0.05) is 40.9 Å². The molecule has 0 bridgehead atoms. The van der Waals surface area contributed by atoms with Crippen molar-refractivity contribution in [3.05, 3.63) is 72.8 Å². The number of nitrogens with zero attached hydrogens (tertiary/aromatic N) is 2. The molecule has 2 amide bonds. The molecule has 3 rings (SSSR count). The van der Waals surface area contributed by atoms with Gasteiger partial charge in [0.2, 0.25) is 5.91 Å². The van der Waals surface area contributed by atoms with E-state index in [4.69, 9.17) is 0 Å². The van der Waals surface area contributed by atoms with Crippen LogP contribution < -0.4 is 10.6 Å². The number of rotatable bonds is 5. The van der Waals surface area contributed by atoms with E-state index < -0.39 is 0 Å². The number of aromatic nitrogens is 2. The largest absolute Gasteiger partial charge is 0.326 e. The minimum absolute atomic E-state index is 0.0419. The molecule has 26 heavy (non-hydrogen) atoms. The first-order valence-electron chi connectivity index (χ1n) is 8.33. The summed E-state index contributed by atoms with van der Waals surface area (Å²) in [5, 5.41) is 5.66. The second kappa shape index (κ2) is 7.65. The highest BCUT2D eigenvalue weighted by Crippen LogP contribution is 2.16. The van der Waals surface area contributed by atoms with Crippen molar-refractivity contribution in [2.24, 2.45) is 5.92 Å². The highest BCUT2D eigenvalue weighted by molar-refractivity contribution is 6.04. The summed E-state index contributed by atoms with van der Waals surface area (Å²) < 4.78 is 1.87. The number of hydrogen-bond donors (Lipinski definition) is 2. The van der Waals surface area contributed by atoms with E-state index in [1.807, 2.05) is 36.7 Å². The first-order valence-corrected chi connectivity index (χ1v) is 8.33. The maximum Gasteiger partial charge on any atom is 0.255 e. The SMILES string of the molecule is CC(C)C(=O)Nc1ccc(NC(=O)c2ccc(-n3ccnc3)cc2)cc1. The maximum atomic E-state index is 12.4. The minimum Gasteiger partial charge on any atom is -0.326 e. The van der Waals surface area contributed by atoms with Crippen molar-refractivity contribution in [3.8, 4) is 5.69 Å². The van der Waals surface area contributed by atoms with Gasteiger partial charge in [-0.05, 0) is 48.5 Å². The van der Waals surface area contributed by atoms with Gasteiger partial charge in [-0.1, -0.05) is 13.8 Å². The molecule has 0 aliphatic heterocycles. The van der Waals surface area contributed by atoms with Crippen LogP contribution in [0.25, 0.3) is 5.69 Å². The fraction of sp³-hybridized carbons (Fsp3) is 0.150. The molecule has 0 spiro atoms.